The van der Waals surface area contributed by atoms with E-state index in [1.165, 1.54) is 0 Å². The van der Waals surface area contributed by atoms with Gasteiger partial charge < -0.3 is 15.2 Å². The molecule has 0 bridgehead atoms. The van der Waals surface area contributed by atoms with Crippen molar-refractivity contribution in [2.24, 2.45) is 0 Å². The zero-order valence-corrected chi connectivity index (χ0v) is 13.6. The number of piperidine rings is 1. The minimum atomic E-state index is -0.809. The molecule has 1 aromatic rings. The molecule has 1 amide bonds. The minimum Gasteiger partial charge on any atom is -0.348 e. The average Bonchev–Trinajstić information content (AvgIpc) is 2.95. The fourth-order valence-electron chi connectivity index (χ4n) is 2.70. The van der Waals surface area contributed by atoms with Crippen molar-refractivity contribution in [1.29, 1.82) is 0 Å². The molecule has 2 rings (SSSR count). The highest BCUT2D eigenvalue weighted by molar-refractivity contribution is 7.84. The number of hydrogen-bond donors (Lipinski definition) is 2. The lowest BCUT2D eigenvalue weighted by atomic mass is 10.1. The van der Waals surface area contributed by atoms with E-state index in [-0.39, 0.29) is 11.9 Å². The predicted octanol–water partition coefficient (Wildman–Crippen LogP) is 1.30. The number of hydrogen-bond acceptors (Lipinski definition) is 3. The summed E-state index contributed by atoms with van der Waals surface area (Å²) in [7, 11) is -0.809. The van der Waals surface area contributed by atoms with Crippen LogP contribution in [0.3, 0.4) is 0 Å². The SMILES string of the molecule is CC(CCS(C)=O)NC(=O)c1cccn1C1CCNCC1. The molecule has 0 radical (unpaired) electrons. The molecule has 1 aromatic heterocycles. The number of rotatable bonds is 6. The van der Waals surface area contributed by atoms with Crippen LogP contribution in [-0.4, -0.2) is 45.8 Å². The van der Waals surface area contributed by atoms with Crippen molar-refractivity contribution in [2.75, 3.05) is 25.1 Å². The van der Waals surface area contributed by atoms with E-state index in [0.717, 1.165) is 38.0 Å². The zero-order chi connectivity index (χ0) is 15.2. The van der Waals surface area contributed by atoms with E-state index in [2.05, 4.69) is 15.2 Å². The molecule has 0 aromatic carbocycles. The molecular formula is C15H25N3O2S. The van der Waals surface area contributed by atoms with Gasteiger partial charge in [-0.25, -0.2) is 0 Å². The van der Waals surface area contributed by atoms with Crippen molar-refractivity contribution in [2.45, 2.75) is 38.3 Å². The van der Waals surface area contributed by atoms with Gasteiger partial charge >= 0.3 is 0 Å². The maximum absolute atomic E-state index is 12.4. The Morgan fingerprint density at radius 1 is 1.52 bits per heavy atom. The summed E-state index contributed by atoms with van der Waals surface area (Å²) in [6.45, 7) is 3.97. The summed E-state index contributed by atoms with van der Waals surface area (Å²) in [5, 5.41) is 6.35. The van der Waals surface area contributed by atoms with Crippen molar-refractivity contribution in [3.63, 3.8) is 0 Å². The van der Waals surface area contributed by atoms with Gasteiger partial charge in [-0.3, -0.25) is 9.00 Å². The van der Waals surface area contributed by atoms with E-state index < -0.39 is 10.8 Å². The molecule has 5 nitrogen and oxygen atoms in total. The average molecular weight is 311 g/mol. The molecule has 0 aliphatic carbocycles. The third-order valence-electron chi connectivity index (χ3n) is 3.93. The number of nitrogens with one attached hydrogen (secondary N) is 2. The van der Waals surface area contributed by atoms with Gasteiger partial charge in [0.15, 0.2) is 0 Å². The summed E-state index contributed by atoms with van der Waals surface area (Å²) in [6.07, 6.45) is 6.54. The maximum atomic E-state index is 12.4. The minimum absolute atomic E-state index is 0.0343. The number of nitrogens with zero attached hydrogens (tertiary/aromatic N) is 1. The van der Waals surface area contributed by atoms with Gasteiger partial charge in [-0.15, -0.1) is 0 Å². The molecule has 1 aliphatic heterocycles. The lowest BCUT2D eigenvalue weighted by Crippen LogP contribution is -2.36. The second kappa shape index (κ2) is 7.75. The van der Waals surface area contributed by atoms with E-state index >= 15 is 0 Å². The van der Waals surface area contributed by atoms with Gasteiger partial charge in [0.1, 0.15) is 5.69 Å². The lowest BCUT2D eigenvalue weighted by Gasteiger charge is -2.26. The summed E-state index contributed by atoms with van der Waals surface area (Å²) >= 11 is 0. The Bertz CT molecular complexity index is 495. The molecule has 6 heteroatoms. The first-order valence-corrected chi connectivity index (χ1v) is 9.29. The van der Waals surface area contributed by atoms with E-state index in [1.807, 2.05) is 25.3 Å². The zero-order valence-electron chi connectivity index (χ0n) is 12.8. The summed E-state index contributed by atoms with van der Waals surface area (Å²) in [5.74, 6) is 0.587. The van der Waals surface area contributed by atoms with E-state index in [9.17, 15) is 9.00 Å². The standard InChI is InChI=1S/C15H25N3O2S/c1-12(7-11-21(2)20)17-15(19)14-4-3-10-18(14)13-5-8-16-9-6-13/h3-4,10,12-13,16H,5-9,11H2,1-2H3,(H,17,19). The van der Waals surface area contributed by atoms with E-state index in [1.54, 1.807) is 6.26 Å². The molecule has 1 aliphatic rings. The Kier molecular flexibility index (Phi) is 5.99. The van der Waals surface area contributed by atoms with Crippen LogP contribution in [0.4, 0.5) is 0 Å². The number of carbonyl (C=O) groups excluding carboxylic acids is 1. The molecule has 0 spiro atoms. The van der Waals surface area contributed by atoms with E-state index in [0.29, 0.717) is 11.8 Å². The van der Waals surface area contributed by atoms with Crippen LogP contribution in [0.25, 0.3) is 0 Å². The van der Waals surface area contributed by atoms with Crippen molar-refractivity contribution >= 4 is 16.7 Å². The summed E-state index contributed by atoms with van der Waals surface area (Å²) < 4.78 is 13.2. The van der Waals surface area contributed by atoms with Crippen molar-refractivity contribution in [3.8, 4) is 0 Å². The molecule has 2 unspecified atom stereocenters. The maximum Gasteiger partial charge on any atom is 0.268 e. The molecule has 1 fully saturated rings. The summed E-state index contributed by atoms with van der Waals surface area (Å²) in [4.78, 5) is 12.4. The largest absolute Gasteiger partial charge is 0.348 e. The van der Waals surface area contributed by atoms with Crippen LogP contribution in [0.15, 0.2) is 18.3 Å². The fraction of sp³-hybridized carbons (Fsp3) is 0.667. The van der Waals surface area contributed by atoms with Crippen LogP contribution in [-0.2, 0) is 10.8 Å². The van der Waals surface area contributed by atoms with Crippen molar-refractivity contribution in [1.82, 2.24) is 15.2 Å². The molecule has 2 atom stereocenters. The summed E-state index contributed by atoms with van der Waals surface area (Å²) in [6, 6.07) is 4.25. The fourth-order valence-corrected chi connectivity index (χ4v) is 3.39. The molecule has 2 heterocycles. The lowest BCUT2D eigenvalue weighted by molar-refractivity contribution is 0.0926. The predicted molar refractivity (Wildman–Crippen MR) is 86.1 cm³/mol. The quantitative estimate of drug-likeness (QED) is 0.832. The molecular weight excluding hydrogens is 286 g/mol. The van der Waals surface area contributed by atoms with Crippen molar-refractivity contribution in [3.05, 3.63) is 24.0 Å². The van der Waals surface area contributed by atoms with Gasteiger partial charge in [-0.1, -0.05) is 0 Å². The number of carbonyl (C=O) groups is 1. The van der Waals surface area contributed by atoms with Gasteiger partial charge in [0.05, 0.1) is 0 Å². The normalized spacial score (nSPS) is 19.1. The molecule has 21 heavy (non-hydrogen) atoms. The highest BCUT2D eigenvalue weighted by Gasteiger charge is 2.20. The molecule has 1 saturated heterocycles. The van der Waals surface area contributed by atoms with Crippen LogP contribution in [0.5, 0.6) is 0 Å². The van der Waals surface area contributed by atoms with Gasteiger partial charge in [0, 0.05) is 41.1 Å². The molecule has 118 valence electrons. The third-order valence-corrected chi connectivity index (χ3v) is 4.74. The Morgan fingerprint density at radius 3 is 2.90 bits per heavy atom. The highest BCUT2D eigenvalue weighted by Crippen LogP contribution is 2.21. The van der Waals surface area contributed by atoms with E-state index in [4.69, 9.17) is 0 Å². The second-order valence-electron chi connectivity index (χ2n) is 5.72. The van der Waals surface area contributed by atoms with Crippen LogP contribution >= 0.6 is 0 Å². The Hall–Kier alpha value is -1.14. The first kappa shape index (κ1) is 16.2. The van der Waals surface area contributed by atoms with Gasteiger partial charge in [-0.2, -0.15) is 0 Å². The topological polar surface area (TPSA) is 63.1 Å². The van der Waals surface area contributed by atoms with Gasteiger partial charge in [0.2, 0.25) is 0 Å². The molecule has 0 saturated carbocycles. The van der Waals surface area contributed by atoms with Gasteiger partial charge in [0.25, 0.3) is 5.91 Å². The Morgan fingerprint density at radius 2 is 2.24 bits per heavy atom. The smallest absolute Gasteiger partial charge is 0.268 e. The molecule has 2 N–H and O–H groups in total. The van der Waals surface area contributed by atoms with Crippen LogP contribution in [0.1, 0.15) is 42.7 Å². The van der Waals surface area contributed by atoms with Crippen LogP contribution < -0.4 is 10.6 Å². The summed E-state index contributed by atoms with van der Waals surface area (Å²) in [5.41, 5.74) is 0.728. The van der Waals surface area contributed by atoms with Crippen LogP contribution in [0, 0.1) is 0 Å². The second-order valence-corrected chi connectivity index (χ2v) is 7.28. The van der Waals surface area contributed by atoms with Crippen LogP contribution in [0.2, 0.25) is 0 Å². The number of amides is 1. The van der Waals surface area contributed by atoms with Crippen molar-refractivity contribution < 1.29 is 9.00 Å². The first-order valence-electron chi connectivity index (χ1n) is 7.56. The Balaban J connectivity index is 1.96. The highest BCUT2D eigenvalue weighted by atomic mass is 32.2. The monoisotopic (exact) mass is 311 g/mol. The Labute approximate surface area is 128 Å². The first-order chi connectivity index (χ1) is 10.1. The van der Waals surface area contributed by atoms with Gasteiger partial charge in [-0.05, 0) is 51.4 Å². The number of aromatic nitrogens is 1. The third kappa shape index (κ3) is 4.68.